The Bertz CT molecular complexity index is 892. The number of methoxy groups -OCH3 is 4. The number of benzene rings is 2. The van der Waals surface area contributed by atoms with Crippen molar-refractivity contribution >= 4 is 23.5 Å². The predicted octanol–water partition coefficient (Wildman–Crippen LogP) is 2.46. The number of amides is 1. The zero-order valence-corrected chi connectivity index (χ0v) is 16.0. The number of carbonyl (C=O) groups is 3. The van der Waals surface area contributed by atoms with Crippen molar-refractivity contribution in [1.82, 2.24) is 0 Å². The molecule has 1 N–H and O–H groups in total. The highest BCUT2D eigenvalue weighted by molar-refractivity contribution is 6.03. The molecule has 28 heavy (non-hydrogen) atoms. The predicted molar refractivity (Wildman–Crippen MR) is 101 cm³/mol. The summed E-state index contributed by atoms with van der Waals surface area (Å²) in [6.07, 6.45) is 0.0173. The van der Waals surface area contributed by atoms with Crippen LogP contribution in [0.1, 0.15) is 26.3 Å². The highest BCUT2D eigenvalue weighted by atomic mass is 16.5. The first-order chi connectivity index (χ1) is 13.4. The Kier molecular flexibility index (Phi) is 6.97. The lowest BCUT2D eigenvalue weighted by molar-refractivity contribution is -0.115. The first-order valence-electron chi connectivity index (χ1n) is 8.25. The SMILES string of the molecule is COC(=O)c1ccc(C(=O)OC)c(NC(=O)Cc2ccc(OC)c(OC)c2)c1. The van der Waals surface area contributed by atoms with Crippen molar-refractivity contribution in [3.63, 3.8) is 0 Å². The minimum atomic E-state index is -0.641. The van der Waals surface area contributed by atoms with E-state index in [4.69, 9.17) is 14.2 Å². The van der Waals surface area contributed by atoms with Gasteiger partial charge < -0.3 is 24.3 Å². The molecule has 8 nitrogen and oxygen atoms in total. The van der Waals surface area contributed by atoms with E-state index in [1.54, 1.807) is 18.2 Å². The number of nitrogens with one attached hydrogen (secondary N) is 1. The maximum Gasteiger partial charge on any atom is 0.339 e. The Hall–Kier alpha value is -3.55. The van der Waals surface area contributed by atoms with Gasteiger partial charge in [-0.25, -0.2) is 9.59 Å². The van der Waals surface area contributed by atoms with Gasteiger partial charge in [-0.3, -0.25) is 4.79 Å². The van der Waals surface area contributed by atoms with Gasteiger partial charge in [-0.15, -0.1) is 0 Å². The van der Waals surface area contributed by atoms with E-state index >= 15 is 0 Å². The van der Waals surface area contributed by atoms with Crippen molar-refractivity contribution in [3.8, 4) is 11.5 Å². The molecular weight excluding hydrogens is 366 g/mol. The molecule has 0 saturated carbocycles. The molecule has 2 aromatic rings. The molecule has 0 unspecified atom stereocenters. The fourth-order valence-electron chi connectivity index (χ4n) is 2.55. The Morgan fingerprint density at radius 3 is 2.11 bits per heavy atom. The number of esters is 2. The van der Waals surface area contributed by atoms with Crippen LogP contribution in [0.2, 0.25) is 0 Å². The fraction of sp³-hybridized carbons (Fsp3) is 0.250. The van der Waals surface area contributed by atoms with Crippen LogP contribution in [-0.2, 0) is 20.7 Å². The van der Waals surface area contributed by atoms with Crippen LogP contribution in [0, 0.1) is 0 Å². The van der Waals surface area contributed by atoms with Crippen LogP contribution in [0.5, 0.6) is 11.5 Å². The van der Waals surface area contributed by atoms with E-state index < -0.39 is 11.9 Å². The second kappa shape index (κ2) is 9.40. The van der Waals surface area contributed by atoms with Gasteiger partial charge in [0, 0.05) is 0 Å². The van der Waals surface area contributed by atoms with Crippen molar-refractivity contribution in [3.05, 3.63) is 53.1 Å². The third-order valence-corrected chi connectivity index (χ3v) is 3.93. The lowest BCUT2D eigenvalue weighted by Crippen LogP contribution is -2.18. The topological polar surface area (TPSA) is 100 Å². The molecule has 0 bridgehead atoms. The van der Waals surface area contributed by atoms with Gasteiger partial charge in [-0.2, -0.15) is 0 Å². The second-order valence-electron chi connectivity index (χ2n) is 5.66. The largest absolute Gasteiger partial charge is 0.493 e. The monoisotopic (exact) mass is 387 g/mol. The van der Waals surface area contributed by atoms with Crippen molar-refractivity contribution < 1.29 is 33.3 Å². The van der Waals surface area contributed by atoms with Gasteiger partial charge in [-0.1, -0.05) is 6.07 Å². The third kappa shape index (κ3) is 4.79. The molecule has 8 heteroatoms. The maximum atomic E-state index is 12.5. The third-order valence-electron chi connectivity index (χ3n) is 3.93. The van der Waals surface area contributed by atoms with Crippen LogP contribution in [0.15, 0.2) is 36.4 Å². The van der Waals surface area contributed by atoms with Gasteiger partial charge in [0.25, 0.3) is 0 Å². The summed E-state index contributed by atoms with van der Waals surface area (Å²) in [6, 6.07) is 9.29. The summed E-state index contributed by atoms with van der Waals surface area (Å²) < 4.78 is 19.8. The van der Waals surface area contributed by atoms with Crippen molar-refractivity contribution in [2.75, 3.05) is 33.8 Å². The average molecular weight is 387 g/mol. The van der Waals surface area contributed by atoms with Crippen LogP contribution in [0.3, 0.4) is 0 Å². The van der Waals surface area contributed by atoms with Crippen molar-refractivity contribution in [2.45, 2.75) is 6.42 Å². The molecule has 0 aromatic heterocycles. The van der Waals surface area contributed by atoms with Gasteiger partial charge in [0.15, 0.2) is 11.5 Å². The van der Waals surface area contributed by atoms with E-state index in [-0.39, 0.29) is 29.1 Å². The maximum absolute atomic E-state index is 12.5. The standard InChI is InChI=1S/C20H21NO7/c1-25-16-8-5-12(9-17(16)26-2)10-18(22)21-15-11-13(19(23)27-3)6-7-14(15)20(24)28-4/h5-9,11H,10H2,1-4H3,(H,21,22). The highest BCUT2D eigenvalue weighted by Crippen LogP contribution is 2.28. The van der Waals surface area contributed by atoms with E-state index in [2.05, 4.69) is 10.1 Å². The van der Waals surface area contributed by atoms with Crippen LogP contribution in [0.4, 0.5) is 5.69 Å². The van der Waals surface area contributed by atoms with E-state index in [0.29, 0.717) is 17.1 Å². The lowest BCUT2D eigenvalue weighted by Gasteiger charge is -2.12. The first-order valence-corrected chi connectivity index (χ1v) is 8.25. The number of rotatable bonds is 7. The number of anilines is 1. The van der Waals surface area contributed by atoms with Crippen LogP contribution < -0.4 is 14.8 Å². The number of carbonyl (C=O) groups excluding carboxylic acids is 3. The summed E-state index contributed by atoms with van der Waals surface area (Å²) in [4.78, 5) is 36.2. The number of ether oxygens (including phenoxy) is 4. The molecule has 0 fully saturated rings. The van der Waals surface area contributed by atoms with Gasteiger partial charge >= 0.3 is 11.9 Å². The smallest absolute Gasteiger partial charge is 0.339 e. The molecule has 1 amide bonds. The summed E-state index contributed by atoms with van der Waals surface area (Å²) in [6.45, 7) is 0. The molecule has 0 heterocycles. The zero-order chi connectivity index (χ0) is 20.7. The van der Waals surface area contributed by atoms with Gasteiger partial charge in [-0.05, 0) is 35.9 Å². The van der Waals surface area contributed by atoms with E-state index in [1.165, 1.54) is 46.6 Å². The average Bonchev–Trinajstić information content (AvgIpc) is 2.72. The summed E-state index contributed by atoms with van der Waals surface area (Å²) in [5.74, 6) is -0.579. The molecular formula is C20H21NO7. The molecule has 2 aromatic carbocycles. The van der Waals surface area contributed by atoms with Crippen molar-refractivity contribution in [1.29, 1.82) is 0 Å². The molecule has 0 spiro atoms. The molecule has 0 atom stereocenters. The normalized spacial score (nSPS) is 10.0. The van der Waals surface area contributed by atoms with Crippen LogP contribution in [0.25, 0.3) is 0 Å². The molecule has 0 aliphatic carbocycles. The summed E-state index contributed by atoms with van der Waals surface area (Å²) in [5.41, 5.74) is 1.14. The molecule has 0 aliphatic rings. The van der Waals surface area contributed by atoms with Crippen LogP contribution in [-0.4, -0.2) is 46.3 Å². The van der Waals surface area contributed by atoms with Crippen molar-refractivity contribution in [2.24, 2.45) is 0 Å². The Balaban J connectivity index is 2.26. The molecule has 2 rings (SSSR count). The zero-order valence-electron chi connectivity index (χ0n) is 16.0. The quantitative estimate of drug-likeness (QED) is 0.729. The minimum Gasteiger partial charge on any atom is -0.493 e. The molecule has 0 aliphatic heterocycles. The van der Waals surface area contributed by atoms with Crippen LogP contribution >= 0.6 is 0 Å². The lowest BCUT2D eigenvalue weighted by atomic mass is 10.1. The van der Waals surface area contributed by atoms with Gasteiger partial charge in [0.1, 0.15) is 0 Å². The van der Waals surface area contributed by atoms with E-state index in [0.717, 1.165) is 0 Å². The minimum absolute atomic E-state index is 0.0173. The molecule has 0 radical (unpaired) electrons. The number of hydrogen-bond acceptors (Lipinski definition) is 7. The first kappa shape index (κ1) is 20.8. The Labute approximate surface area is 162 Å². The van der Waals surface area contributed by atoms with Gasteiger partial charge in [0.05, 0.1) is 51.7 Å². The summed E-state index contributed by atoms with van der Waals surface area (Å²) in [7, 11) is 5.49. The summed E-state index contributed by atoms with van der Waals surface area (Å²) in [5, 5.41) is 2.64. The Morgan fingerprint density at radius 1 is 0.821 bits per heavy atom. The highest BCUT2D eigenvalue weighted by Gasteiger charge is 2.18. The van der Waals surface area contributed by atoms with E-state index in [1.807, 2.05) is 0 Å². The molecule has 148 valence electrons. The Morgan fingerprint density at radius 2 is 1.50 bits per heavy atom. The summed E-state index contributed by atoms with van der Waals surface area (Å²) >= 11 is 0. The number of hydrogen-bond donors (Lipinski definition) is 1. The second-order valence-corrected chi connectivity index (χ2v) is 5.66. The van der Waals surface area contributed by atoms with E-state index in [9.17, 15) is 14.4 Å². The van der Waals surface area contributed by atoms with Gasteiger partial charge in [0.2, 0.25) is 5.91 Å². The molecule has 0 saturated heterocycles. The fourth-order valence-corrected chi connectivity index (χ4v) is 2.55.